The lowest BCUT2D eigenvalue weighted by molar-refractivity contribution is -0.385. The molecule has 0 saturated carbocycles. The van der Waals surface area contributed by atoms with Crippen LogP contribution in [-0.4, -0.2) is 35.9 Å². The summed E-state index contributed by atoms with van der Waals surface area (Å²) in [5.74, 6) is -1.69. The zero-order valence-corrected chi connectivity index (χ0v) is 12.0. The minimum absolute atomic E-state index is 0.0608. The first-order valence-corrected chi connectivity index (χ1v) is 8.24. The molecule has 1 unspecified atom stereocenters. The van der Waals surface area contributed by atoms with E-state index >= 15 is 0 Å². The highest BCUT2D eigenvalue weighted by molar-refractivity contribution is 7.91. The van der Waals surface area contributed by atoms with Crippen molar-refractivity contribution in [2.45, 2.75) is 19.3 Å². The smallest absolute Gasteiger partial charge is 0.310 e. The zero-order chi connectivity index (χ0) is 15.7. The van der Waals surface area contributed by atoms with Gasteiger partial charge in [0, 0.05) is 11.6 Å². The number of hydrogen-bond donors (Lipinski definition) is 1. The molecule has 1 heterocycles. The Morgan fingerprint density at radius 1 is 1.38 bits per heavy atom. The van der Waals surface area contributed by atoms with Gasteiger partial charge in [-0.05, 0) is 19.3 Å². The van der Waals surface area contributed by atoms with Crippen LogP contribution in [0.25, 0.3) is 0 Å². The van der Waals surface area contributed by atoms with Crippen molar-refractivity contribution in [2.24, 2.45) is 5.41 Å². The third-order valence-corrected chi connectivity index (χ3v) is 5.72. The van der Waals surface area contributed by atoms with E-state index in [1.807, 2.05) is 0 Å². The Morgan fingerprint density at radius 3 is 2.57 bits per heavy atom. The van der Waals surface area contributed by atoms with Crippen LogP contribution in [0, 0.1) is 15.5 Å². The van der Waals surface area contributed by atoms with Crippen LogP contribution in [0.15, 0.2) is 24.3 Å². The van der Waals surface area contributed by atoms with Crippen molar-refractivity contribution in [3.63, 3.8) is 0 Å². The first-order valence-electron chi connectivity index (χ1n) is 6.42. The number of rotatable bonds is 5. The molecule has 0 spiro atoms. The van der Waals surface area contributed by atoms with Gasteiger partial charge in [0.05, 0.1) is 21.8 Å². The molecule has 1 aliphatic heterocycles. The van der Waals surface area contributed by atoms with Crippen molar-refractivity contribution < 1.29 is 23.2 Å². The molecule has 1 aromatic carbocycles. The van der Waals surface area contributed by atoms with Crippen LogP contribution in [0.5, 0.6) is 0 Å². The molecule has 0 aromatic heterocycles. The van der Waals surface area contributed by atoms with Gasteiger partial charge in [-0.1, -0.05) is 18.2 Å². The van der Waals surface area contributed by atoms with E-state index in [1.165, 1.54) is 12.1 Å². The molecular weight excluding hydrogens is 298 g/mol. The van der Waals surface area contributed by atoms with E-state index in [1.54, 1.807) is 12.1 Å². The summed E-state index contributed by atoms with van der Waals surface area (Å²) in [6.45, 7) is 0. The van der Waals surface area contributed by atoms with E-state index in [-0.39, 0.29) is 30.7 Å². The molecule has 7 nitrogen and oxygen atoms in total. The predicted molar refractivity (Wildman–Crippen MR) is 74.8 cm³/mol. The molecule has 1 N–H and O–H groups in total. The highest BCUT2D eigenvalue weighted by atomic mass is 32.2. The number of nitro benzene ring substituents is 1. The molecule has 0 bridgehead atoms. The van der Waals surface area contributed by atoms with E-state index in [4.69, 9.17) is 0 Å². The lowest BCUT2D eigenvalue weighted by atomic mass is 9.81. The van der Waals surface area contributed by atoms with Gasteiger partial charge in [-0.2, -0.15) is 0 Å². The first kappa shape index (κ1) is 15.4. The fourth-order valence-electron chi connectivity index (χ4n) is 2.66. The first-order chi connectivity index (χ1) is 9.76. The summed E-state index contributed by atoms with van der Waals surface area (Å²) in [5.41, 5.74) is -0.978. The van der Waals surface area contributed by atoms with E-state index < -0.39 is 31.9 Å². The minimum atomic E-state index is -3.34. The number of aryl methyl sites for hydroxylation is 1. The highest BCUT2D eigenvalue weighted by Crippen LogP contribution is 2.38. The largest absolute Gasteiger partial charge is 0.481 e. The summed E-state index contributed by atoms with van der Waals surface area (Å²) in [7, 11) is -3.34. The van der Waals surface area contributed by atoms with Gasteiger partial charge in [-0.3, -0.25) is 14.9 Å². The molecule has 2 rings (SSSR count). The van der Waals surface area contributed by atoms with E-state index in [0.29, 0.717) is 5.56 Å². The Balaban J connectivity index is 2.22. The summed E-state index contributed by atoms with van der Waals surface area (Å²) < 4.78 is 23.1. The van der Waals surface area contributed by atoms with Gasteiger partial charge in [0.25, 0.3) is 5.69 Å². The number of aliphatic carboxylic acids is 1. The molecule has 1 fully saturated rings. The van der Waals surface area contributed by atoms with Gasteiger partial charge >= 0.3 is 5.97 Å². The van der Waals surface area contributed by atoms with Crippen molar-refractivity contribution in [1.82, 2.24) is 0 Å². The Labute approximate surface area is 121 Å². The summed E-state index contributed by atoms with van der Waals surface area (Å²) in [6, 6.07) is 6.10. The zero-order valence-electron chi connectivity index (χ0n) is 11.2. The van der Waals surface area contributed by atoms with Crippen molar-refractivity contribution in [2.75, 3.05) is 11.5 Å². The number of nitrogens with zero attached hydrogens (tertiary/aromatic N) is 1. The predicted octanol–water partition coefficient (Wildman–Crippen LogP) is 1.42. The number of carboxylic acid groups (broad SMARTS) is 1. The normalized spacial score (nSPS) is 23.8. The van der Waals surface area contributed by atoms with E-state index in [0.717, 1.165) is 0 Å². The van der Waals surface area contributed by atoms with Crippen LogP contribution >= 0.6 is 0 Å². The lowest BCUT2D eigenvalue weighted by Crippen LogP contribution is -2.33. The number of hydrogen-bond acceptors (Lipinski definition) is 5. The number of sulfone groups is 1. The standard InChI is InChI=1S/C13H15NO6S/c15-12(16)13(7-8-21(19,20)9-13)6-5-10-3-1-2-4-11(10)14(17)18/h1-4H,5-9H2,(H,15,16). The van der Waals surface area contributed by atoms with Gasteiger partial charge in [-0.15, -0.1) is 0 Å². The quantitative estimate of drug-likeness (QED) is 0.649. The fourth-order valence-corrected chi connectivity index (χ4v) is 4.76. The Bertz CT molecular complexity index is 684. The average Bonchev–Trinajstić information content (AvgIpc) is 2.73. The molecule has 0 amide bonds. The van der Waals surface area contributed by atoms with Crippen LogP contribution in [0.1, 0.15) is 18.4 Å². The molecule has 1 saturated heterocycles. The second-order valence-corrected chi connectivity index (χ2v) is 7.50. The maximum absolute atomic E-state index is 11.6. The number of carboxylic acids is 1. The number of nitro groups is 1. The summed E-state index contributed by atoms with van der Waals surface area (Å²) >= 11 is 0. The molecule has 1 atom stereocenters. The molecule has 0 aliphatic carbocycles. The van der Waals surface area contributed by atoms with Crippen molar-refractivity contribution in [1.29, 1.82) is 0 Å². The molecule has 0 radical (unpaired) electrons. The average molecular weight is 313 g/mol. The summed E-state index contributed by atoms with van der Waals surface area (Å²) in [5, 5.41) is 20.3. The Morgan fingerprint density at radius 2 is 2.05 bits per heavy atom. The van der Waals surface area contributed by atoms with Gasteiger partial charge in [0.15, 0.2) is 9.84 Å². The second-order valence-electron chi connectivity index (χ2n) is 5.31. The Kier molecular flexibility index (Phi) is 3.99. The minimum Gasteiger partial charge on any atom is -0.481 e. The molecule has 21 heavy (non-hydrogen) atoms. The molecule has 1 aliphatic rings. The van der Waals surface area contributed by atoms with E-state index in [2.05, 4.69) is 0 Å². The second kappa shape index (κ2) is 5.44. The maximum Gasteiger partial charge on any atom is 0.310 e. The van der Waals surface area contributed by atoms with Crippen molar-refractivity contribution in [3.05, 3.63) is 39.9 Å². The third-order valence-electron chi connectivity index (χ3n) is 3.90. The highest BCUT2D eigenvalue weighted by Gasteiger charge is 2.48. The monoisotopic (exact) mass is 313 g/mol. The number of carbonyl (C=O) groups is 1. The Hall–Kier alpha value is -1.96. The van der Waals surface area contributed by atoms with Crippen LogP contribution in [0.2, 0.25) is 0 Å². The van der Waals surface area contributed by atoms with Gasteiger partial charge < -0.3 is 5.11 Å². The topological polar surface area (TPSA) is 115 Å². The SMILES string of the molecule is O=C(O)C1(CCc2ccccc2[N+](=O)[O-])CCS(=O)(=O)C1. The number of benzene rings is 1. The van der Waals surface area contributed by atoms with Crippen molar-refractivity contribution in [3.8, 4) is 0 Å². The van der Waals surface area contributed by atoms with Crippen LogP contribution in [0.3, 0.4) is 0 Å². The number of para-hydroxylation sites is 1. The van der Waals surface area contributed by atoms with Crippen LogP contribution in [0.4, 0.5) is 5.69 Å². The molecule has 8 heteroatoms. The molecular formula is C13H15NO6S. The van der Waals surface area contributed by atoms with E-state index in [9.17, 15) is 28.4 Å². The fraction of sp³-hybridized carbons (Fsp3) is 0.462. The molecule has 114 valence electrons. The third kappa shape index (κ3) is 3.21. The van der Waals surface area contributed by atoms with Crippen molar-refractivity contribution >= 4 is 21.5 Å². The van der Waals surface area contributed by atoms with Gasteiger partial charge in [0.2, 0.25) is 0 Å². The molecule has 1 aromatic rings. The van der Waals surface area contributed by atoms with Gasteiger partial charge in [0.1, 0.15) is 0 Å². The maximum atomic E-state index is 11.6. The summed E-state index contributed by atoms with van der Waals surface area (Å²) in [4.78, 5) is 21.9. The van der Waals surface area contributed by atoms with Crippen LogP contribution in [-0.2, 0) is 21.1 Å². The van der Waals surface area contributed by atoms with Crippen LogP contribution < -0.4 is 0 Å². The lowest BCUT2D eigenvalue weighted by Gasteiger charge is -2.22. The summed E-state index contributed by atoms with van der Waals surface area (Å²) in [6.07, 6.45) is 0.302. The van der Waals surface area contributed by atoms with Gasteiger partial charge in [-0.25, -0.2) is 8.42 Å².